The first-order valence-electron chi connectivity index (χ1n) is 6.10. The molecule has 0 amide bonds. The van der Waals surface area contributed by atoms with Crippen LogP contribution < -0.4 is 4.74 Å². The minimum atomic E-state index is -1.09. The molecular weight excluding hydrogens is 331 g/mol. The number of halogens is 2. The number of phenols is 1. The Balaban J connectivity index is 2.46. The van der Waals surface area contributed by atoms with Gasteiger partial charge in [0.15, 0.2) is 5.75 Å². The van der Waals surface area contributed by atoms with Gasteiger partial charge in [-0.05, 0) is 19.1 Å². The largest absolute Gasteiger partial charge is 0.506 e. The van der Waals surface area contributed by atoms with Crippen LogP contribution in [0.2, 0.25) is 10.0 Å². The number of carboxylic acid groups (broad SMARTS) is 1. The van der Waals surface area contributed by atoms with Gasteiger partial charge in [-0.2, -0.15) is 5.10 Å². The van der Waals surface area contributed by atoms with Gasteiger partial charge in [0.1, 0.15) is 5.75 Å². The van der Waals surface area contributed by atoms with Crippen LogP contribution in [0.4, 0.5) is 0 Å². The number of nitrogens with zero attached hydrogens (tertiary/aromatic N) is 2. The summed E-state index contributed by atoms with van der Waals surface area (Å²) < 4.78 is 7.11. The van der Waals surface area contributed by atoms with Crippen LogP contribution in [0.15, 0.2) is 18.2 Å². The zero-order valence-electron chi connectivity index (χ0n) is 11.7. The van der Waals surface area contributed by atoms with Crippen LogP contribution in [0.1, 0.15) is 11.3 Å². The normalized spacial score (nSPS) is 11.1. The summed E-state index contributed by atoms with van der Waals surface area (Å²) >= 11 is 11.8. The number of carboxylic acids is 1. The molecule has 2 rings (SSSR count). The minimum Gasteiger partial charge on any atom is -0.506 e. The van der Waals surface area contributed by atoms with Crippen molar-refractivity contribution in [1.82, 2.24) is 9.78 Å². The van der Waals surface area contributed by atoms with E-state index >= 15 is 0 Å². The standard InChI is InChI=1S/C14H12Cl2N2O4/c1-7-8(3-4-13(20)21)14(18(2)17-7)22-12-6-11(19)9(15)5-10(12)16/h3-6,19H,1-2H3,(H,20,21). The Bertz CT molecular complexity index is 769. The first-order valence-corrected chi connectivity index (χ1v) is 6.85. The molecule has 0 spiro atoms. The summed E-state index contributed by atoms with van der Waals surface area (Å²) in [4.78, 5) is 10.7. The Morgan fingerprint density at radius 1 is 1.36 bits per heavy atom. The van der Waals surface area contributed by atoms with Gasteiger partial charge in [-0.1, -0.05) is 23.2 Å². The highest BCUT2D eigenvalue weighted by atomic mass is 35.5. The molecule has 0 fully saturated rings. The van der Waals surface area contributed by atoms with Crippen molar-refractivity contribution in [2.45, 2.75) is 6.92 Å². The molecule has 116 valence electrons. The molecule has 0 saturated carbocycles. The van der Waals surface area contributed by atoms with E-state index in [1.165, 1.54) is 22.9 Å². The summed E-state index contributed by atoms with van der Waals surface area (Å²) in [7, 11) is 1.64. The molecule has 22 heavy (non-hydrogen) atoms. The topological polar surface area (TPSA) is 84.6 Å². The summed E-state index contributed by atoms with van der Waals surface area (Å²) in [6, 6.07) is 2.63. The van der Waals surface area contributed by atoms with Gasteiger partial charge in [-0.25, -0.2) is 9.48 Å². The fraction of sp³-hybridized carbons (Fsp3) is 0.143. The number of aromatic hydroxyl groups is 1. The number of aliphatic carboxylic acids is 1. The molecule has 0 aliphatic rings. The van der Waals surface area contributed by atoms with Crippen molar-refractivity contribution in [3.05, 3.63) is 39.5 Å². The lowest BCUT2D eigenvalue weighted by atomic mass is 10.2. The Morgan fingerprint density at radius 2 is 2.05 bits per heavy atom. The van der Waals surface area contributed by atoms with E-state index in [1.54, 1.807) is 14.0 Å². The van der Waals surface area contributed by atoms with Gasteiger partial charge in [-0.15, -0.1) is 0 Å². The first kappa shape index (κ1) is 16.2. The van der Waals surface area contributed by atoms with Crippen molar-refractivity contribution in [2.24, 2.45) is 7.05 Å². The van der Waals surface area contributed by atoms with Crippen LogP contribution in [0.5, 0.6) is 17.4 Å². The fourth-order valence-electron chi connectivity index (χ4n) is 1.82. The third kappa shape index (κ3) is 3.35. The molecular formula is C14H12Cl2N2O4. The van der Waals surface area contributed by atoms with E-state index in [0.29, 0.717) is 17.1 Å². The van der Waals surface area contributed by atoms with Crippen molar-refractivity contribution in [3.63, 3.8) is 0 Å². The molecule has 2 aromatic rings. The van der Waals surface area contributed by atoms with Gasteiger partial charge in [0.05, 0.1) is 21.3 Å². The predicted octanol–water partition coefficient (Wildman–Crippen LogP) is 3.63. The third-order valence-corrected chi connectivity index (χ3v) is 3.41. The number of rotatable bonds is 4. The second kappa shape index (κ2) is 6.29. The number of aryl methyl sites for hydroxylation is 2. The average Bonchev–Trinajstić information content (AvgIpc) is 2.68. The van der Waals surface area contributed by atoms with Crippen LogP contribution in [-0.2, 0) is 11.8 Å². The highest BCUT2D eigenvalue weighted by Crippen LogP contribution is 2.38. The third-order valence-electron chi connectivity index (χ3n) is 2.81. The average molecular weight is 343 g/mol. The molecule has 0 saturated heterocycles. The Morgan fingerprint density at radius 3 is 2.68 bits per heavy atom. The van der Waals surface area contributed by atoms with Gasteiger partial charge in [0.2, 0.25) is 5.88 Å². The Labute approximate surface area is 136 Å². The van der Waals surface area contributed by atoms with Crippen molar-refractivity contribution in [1.29, 1.82) is 0 Å². The molecule has 0 unspecified atom stereocenters. The predicted molar refractivity (Wildman–Crippen MR) is 82.8 cm³/mol. The minimum absolute atomic E-state index is 0.101. The number of hydrogen-bond acceptors (Lipinski definition) is 4. The molecule has 0 radical (unpaired) electrons. The first-order chi connectivity index (χ1) is 10.3. The van der Waals surface area contributed by atoms with Crippen molar-refractivity contribution < 1.29 is 19.7 Å². The zero-order valence-corrected chi connectivity index (χ0v) is 13.2. The van der Waals surface area contributed by atoms with E-state index in [-0.39, 0.29) is 21.5 Å². The lowest BCUT2D eigenvalue weighted by Gasteiger charge is -2.10. The monoisotopic (exact) mass is 342 g/mol. The van der Waals surface area contributed by atoms with Crippen LogP contribution in [-0.4, -0.2) is 26.0 Å². The summed E-state index contributed by atoms with van der Waals surface area (Å²) in [6.45, 7) is 1.72. The SMILES string of the molecule is Cc1nn(C)c(Oc2cc(O)c(Cl)cc2Cl)c1C=CC(=O)O. The van der Waals surface area contributed by atoms with E-state index in [0.717, 1.165) is 6.08 Å². The smallest absolute Gasteiger partial charge is 0.328 e. The van der Waals surface area contributed by atoms with Crippen molar-refractivity contribution in [3.8, 4) is 17.4 Å². The van der Waals surface area contributed by atoms with E-state index in [9.17, 15) is 9.90 Å². The number of hydrogen-bond donors (Lipinski definition) is 2. The number of benzene rings is 1. The van der Waals surface area contributed by atoms with Crippen LogP contribution in [0, 0.1) is 6.92 Å². The van der Waals surface area contributed by atoms with Gasteiger partial charge < -0.3 is 14.9 Å². The molecule has 0 aliphatic heterocycles. The lowest BCUT2D eigenvalue weighted by Crippen LogP contribution is -1.96. The van der Waals surface area contributed by atoms with E-state index in [2.05, 4.69) is 5.10 Å². The highest BCUT2D eigenvalue weighted by Gasteiger charge is 2.16. The van der Waals surface area contributed by atoms with Gasteiger partial charge in [0, 0.05) is 19.2 Å². The van der Waals surface area contributed by atoms with Gasteiger partial charge in [-0.3, -0.25) is 0 Å². The second-order valence-electron chi connectivity index (χ2n) is 4.44. The van der Waals surface area contributed by atoms with Crippen molar-refractivity contribution in [2.75, 3.05) is 0 Å². The Kier molecular flexibility index (Phi) is 4.63. The van der Waals surface area contributed by atoms with Gasteiger partial charge >= 0.3 is 5.97 Å². The van der Waals surface area contributed by atoms with Crippen LogP contribution in [0.3, 0.4) is 0 Å². The molecule has 8 heteroatoms. The number of aromatic nitrogens is 2. The summed E-state index contributed by atoms with van der Waals surface area (Å²) in [5.74, 6) is -0.797. The maximum absolute atomic E-state index is 10.7. The fourth-order valence-corrected chi connectivity index (χ4v) is 2.24. The van der Waals surface area contributed by atoms with Gasteiger partial charge in [0.25, 0.3) is 0 Å². The second-order valence-corrected chi connectivity index (χ2v) is 5.25. The molecule has 0 bridgehead atoms. The van der Waals surface area contributed by atoms with E-state index < -0.39 is 5.97 Å². The highest BCUT2D eigenvalue weighted by molar-refractivity contribution is 6.36. The molecule has 2 N–H and O–H groups in total. The zero-order chi connectivity index (χ0) is 16.4. The molecule has 6 nitrogen and oxygen atoms in total. The number of ether oxygens (including phenoxy) is 1. The summed E-state index contributed by atoms with van der Waals surface area (Å²) in [5, 5.41) is 22.9. The number of carbonyl (C=O) groups is 1. The lowest BCUT2D eigenvalue weighted by molar-refractivity contribution is -0.131. The molecule has 0 aliphatic carbocycles. The van der Waals surface area contributed by atoms with E-state index in [1.807, 2.05) is 0 Å². The molecule has 1 heterocycles. The molecule has 1 aromatic heterocycles. The molecule has 1 aromatic carbocycles. The van der Waals surface area contributed by atoms with E-state index in [4.69, 9.17) is 33.0 Å². The Hall–Kier alpha value is -2.18. The van der Waals surface area contributed by atoms with Crippen LogP contribution >= 0.6 is 23.2 Å². The van der Waals surface area contributed by atoms with Crippen LogP contribution in [0.25, 0.3) is 6.08 Å². The van der Waals surface area contributed by atoms with Crippen molar-refractivity contribution >= 4 is 35.2 Å². The number of phenolic OH excluding ortho intramolecular Hbond substituents is 1. The summed E-state index contributed by atoms with van der Waals surface area (Å²) in [6.07, 6.45) is 2.36. The molecule has 0 atom stereocenters. The summed E-state index contributed by atoms with van der Waals surface area (Å²) in [5.41, 5.74) is 1.08. The quantitative estimate of drug-likeness (QED) is 0.828. The maximum Gasteiger partial charge on any atom is 0.328 e. The maximum atomic E-state index is 10.7.